The Hall–Kier alpha value is -1.02. The van der Waals surface area contributed by atoms with Gasteiger partial charge in [-0.05, 0) is 31.4 Å². The Labute approximate surface area is 112 Å². The lowest BCUT2D eigenvalue weighted by atomic mass is 9.82. The van der Waals surface area contributed by atoms with Crippen LogP contribution in [0.2, 0.25) is 0 Å². The van der Waals surface area contributed by atoms with Crippen molar-refractivity contribution in [3.63, 3.8) is 0 Å². The predicted octanol–water partition coefficient (Wildman–Crippen LogP) is 4.17. The molecule has 1 aromatic rings. The van der Waals surface area contributed by atoms with Gasteiger partial charge in [0.15, 0.2) is 0 Å². The van der Waals surface area contributed by atoms with Crippen molar-refractivity contribution in [3.8, 4) is 5.75 Å². The van der Waals surface area contributed by atoms with Crippen molar-refractivity contribution < 1.29 is 4.74 Å². The second-order valence-corrected chi connectivity index (χ2v) is 5.72. The molecular weight excluding hydrogens is 222 g/mol. The van der Waals surface area contributed by atoms with E-state index in [0.717, 1.165) is 18.7 Å². The molecule has 102 valence electrons. The van der Waals surface area contributed by atoms with E-state index in [1.807, 2.05) is 13.0 Å². The van der Waals surface area contributed by atoms with Gasteiger partial charge in [0.2, 0.25) is 0 Å². The van der Waals surface area contributed by atoms with Crippen molar-refractivity contribution in [2.24, 2.45) is 5.41 Å². The summed E-state index contributed by atoms with van der Waals surface area (Å²) < 4.78 is 5.75. The quantitative estimate of drug-likeness (QED) is 0.817. The summed E-state index contributed by atoms with van der Waals surface area (Å²) in [6.07, 6.45) is 1.14. The summed E-state index contributed by atoms with van der Waals surface area (Å²) in [5.74, 6) is 1.00. The number of para-hydroxylation sites is 1. The van der Waals surface area contributed by atoms with Crippen LogP contribution < -0.4 is 10.1 Å². The maximum atomic E-state index is 5.75. The molecule has 0 spiro atoms. The van der Waals surface area contributed by atoms with Crippen LogP contribution in [-0.2, 0) is 0 Å². The largest absolute Gasteiger partial charge is 0.494 e. The minimum Gasteiger partial charge on any atom is -0.494 e. The molecular formula is C16H27NO. The monoisotopic (exact) mass is 249 g/mol. The molecule has 0 radical (unpaired) electrons. The zero-order valence-electron chi connectivity index (χ0n) is 12.4. The summed E-state index contributed by atoms with van der Waals surface area (Å²) in [4.78, 5) is 0. The fraction of sp³-hybridized carbons (Fsp3) is 0.625. The number of ether oxygens (including phenoxy) is 1. The molecule has 0 aliphatic rings. The van der Waals surface area contributed by atoms with E-state index in [0.29, 0.717) is 12.6 Å². The van der Waals surface area contributed by atoms with Crippen LogP contribution in [0.4, 0.5) is 0 Å². The molecule has 18 heavy (non-hydrogen) atoms. The molecule has 0 aromatic heterocycles. The number of hydrogen-bond acceptors (Lipinski definition) is 2. The van der Waals surface area contributed by atoms with Crippen LogP contribution in [0.25, 0.3) is 0 Å². The van der Waals surface area contributed by atoms with E-state index in [2.05, 4.69) is 51.2 Å². The number of hydrogen-bond donors (Lipinski definition) is 1. The molecule has 1 aromatic carbocycles. The van der Waals surface area contributed by atoms with E-state index in [4.69, 9.17) is 4.74 Å². The van der Waals surface area contributed by atoms with Crippen molar-refractivity contribution >= 4 is 0 Å². The first kappa shape index (κ1) is 15.0. The van der Waals surface area contributed by atoms with Crippen molar-refractivity contribution in [3.05, 3.63) is 29.8 Å². The van der Waals surface area contributed by atoms with Crippen molar-refractivity contribution in [1.82, 2.24) is 5.32 Å². The molecule has 2 nitrogen and oxygen atoms in total. The molecule has 1 unspecified atom stereocenters. The lowest BCUT2D eigenvalue weighted by Crippen LogP contribution is -2.33. The normalized spacial score (nSPS) is 13.4. The van der Waals surface area contributed by atoms with E-state index in [1.54, 1.807) is 0 Å². The van der Waals surface area contributed by atoms with Gasteiger partial charge in [-0.3, -0.25) is 0 Å². The first-order chi connectivity index (χ1) is 8.50. The first-order valence-corrected chi connectivity index (χ1v) is 6.95. The molecule has 0 fully saturated rings. The fourth-order valence-corrected chi connectivity index (χ4v) is 2.18. The summed E-state index contributed by atoms with van der Waals surface area (Å²) in [5.41, 5.74) is 1.43. The van der Waals surface area contributed by atoms with E-state index in [-0.39, 0.29) is 5.41 Å². The van der Waals surface area contributed by atoms with Crippen LogP contribution in [0.5, 0.6) is 5.75 Å². The van der Waals surface area contributed by atoms with Crippen molar-refractivity contribution in [1.29, 1.82) is 0 Å². The van der Waals surface area contributed by atoms with Crippen molar-refractivity contribution in [2.75, 3.05) is 13.2 Å². The standard InChI is InChI=1S/C16H27NO/c1-6-12-17-15(16(3,4)5)13-10-8-9-11-14(13)18-7-2/h8-11,15,17H,6-7,12H2,1-5H3. The van der Waals surface area contributed by atoms with Crippen LogP contribution >= 0.6 is 0 Å². The van der Waals surface area contributed by atoms with Crippen LogP contribution in [0.3, 0.4) is 0 Å². The first-order valence-electron chi connectivity index (χ1n) is 6.95. The summed E-state index contributed by atoms with van der Waals surface area (Å²) in [5, 5.41) is 3.64. The SMILES string of the molecule is CCCNC(c1ccccc1OCC)C(C)(C)C. The number of nitrogens with one attached hydrogen (secondary N) is 1. The third-order valence-corrected chi connectivity index (χ3v) is 2.99. The number of rotatable bonds is 6. The highest BCUT2D eigenvalue weighted by atomic mass is 16.5. The van der Waals surface area contributed by atoms with Crippen LogP contribution in [0, 0.1) is 5.41 Å². The second-order valence-electron chi connectivity index (χ2n) is 5.72. The lowest BCUT2D eigenvalue weighted by Gasteiger charge is -2.33. The van der Waals surface area contributed by atoms with Crippen molar-refractivity contribution in [2.45, 2.75) is 47.1 Å². The van der Waals surface area contributed by atoms with Gasteiger partial charge < -0.3 is 10.1 Å². The Morgan fingerprint density at radius 2 is 1.83 bits per heavy atom. The minimum absolute atomic E-state index is 0.169. The van der Waals surface area contributed by atoms with E-state index in [1.165, 1.54) is 5.56 Å². The maximum absolute atomic E-state index is 5.75. The average Bonchev–Trinajstić information content (AvgIpc) is 2.30. The Balaban J connectivity index is 3.04. The third kappa shape index (κ3) is 4.02. The molecule has 1 N–H and O–H groups in total. The molecule has 1 atom stereocenters. The zero-order chi connectivity index (χ0) is 13.6. The summed E-state index contributed by atoms with van der Waals surface area (Å²) in [6.45, 7) is 12.8. The highest BCUT2D eigenvalue weighted by Crippen LogP contribution is 2.37. The Morgan fingerprint density at radius 1 is 1.17 bits per heavy atom. The lowest BCUT2D eigenvalue weighted by molar-refractivity contribution is 0.259. The van der Waals surface area contributed by atoms with Crippen LogP contribution in [-0.4, -0.2) is 13.2 Å². The zero-order valence-corrected chi connectivity index (χ0v) is 12.4. The number of benzene rings is 1. The van der Waals surface area contributed by atoms with Gasteiger partial charge in [-0.15, -0.1) is 0 Å². The van der Waals surface area contributed by atoms with Gasteiger partial charge in [0.25, 0.3) is 0 Å². The molecule has 0 saturated heterocycles. The average molecular weight is 249 g/mol. The molecule has 2 heteroatoms. The van der Waals surface area contributed by atoms with E-state index >= 15 is 0 Å². The van der Waals surface area contributed by atoms with Gasteiger partial charge in [0.05, 0.1) is 6.61 Å². The van der Waals surface area contributed by atoms with Gasteiger partial charge in [0.1, 0.15) is 5.75 Å². The van der Waals surface area contributed by atoms with Gasteiger partial charge >= 0.3 is 0 Å². The molecule has 0 amide bonds. The molecule has 1 rings (SSSR count). The fourth-order valence-electron chi connectivity index (χ4n) is 2.18. The summed E-state index contributed by atoms with van der Waals surface area (Å²) in [7, 11) is 0. The Kier molecular flexibility index (Phi) is 5.67. The topological polar surface area (TPSA) is 21.3 Å². The molecule has 0 heterocycles. The molecule has 0 bridgehead atoms. The van der Waals surface area contributed by atoms with E-state index < -0.39 is 0 Å². The van der Waals surface area contributed by atoms with Gasteiger partial charge in [-0.25, -0.2) is 0 Å². The molecule has 0 aliphatic heterocycles. The summed E-state index contributed by atoms with van der Waals surface area (Å²) in [6, 6.07) is 8.67. The smallest absolute Gasteiger partial charge is 0.124 e. The highest BCUT2D eigenvalue weighted by molar-refractivity contribution is 5.37. The maximum Gasteiger partial charge on any atom is 0.124 e. The Bertz CT molecular complexity index is 354. The van der Waals surface area contributed by atoms with E-state index in [9.17, 15) is 0 Å². The van der Waals surface area contributed by atoms with Crippen LogP contribution in [0.15, 0.2) is 24.3 Å². The molecule has 0 saturated carbocycles. The van der Waals surface area contributed by atoms with Crippen LogP contribution in [0.1, 0.15) is 52.6 Å². The third-order valence-electron chi connectivity index (χ3n) is 2.99. The van der Waals surface area contributed by atoms with Gasteiger partial charge in [0, 0.05) is 11.6 Å². The molecule has 0 aliphatic carbocycles. The highest BCUT2D eigenvalue weighted by Gasteiger charge is 2.27. The minimum atomic E-state index is 0.169. The van der Waals surface area contributed by atoms with Gasteiger partial charge in [-0.2, -0.15) is 0 Å². The summed E-state index contributed by atoms with van der Waals surface area (Å²) >= 11 is 0. The predicted molar refractivity (Wildman–Crippen MR) is 78.1 cm³/mol. The Morgan fingerprint density at radius 3 is 2.39 bits per heavy atom. The van der Waals surface area contributed by atoms with Gasteiger partial charge in [-0.1, -0.05) is 45.9 Å². The second kappa shape index (κ2) is 6.79.